The molecule has 8 nitrogen and oxygen atoms in total. The van der Waals surface area contributed by atoms with Crippen molar-refractivity contribution >= 4 is 11.2 Å². The van der Waals surface area contributed by atoms with Crippen LogP contribution in [0, 0.1) is 0 Å². The molecule has 2 aromatic heterocycles. The summed E-state index contributed by atoms with van der Waals surface area (Å²) in [6.45, 7) is 1.89. The largest absolute Gasteiger partial charge is 0.385 e. The van der Waals surface area contributed by atoms with Gasteiger partial charge in [0, 0.05) is 40.4 Å². The quantitative estimate of drug-likeness (QED) is 0.677. The lowest BCUT2D eigenvalue weighted by Crippen LogP contribution is -2.39. The number of hydrogen-bond acceptors (Lipinski definition) is 5. The van der Waals surface area contributed by atoms with Crippen LogP contribution in [0.2, 0.25) is 0 Å². The Morgan fingerprint density at radius 1 is 1.35 bits per heavy atom. The van der Waals surface area contributed by atoms with Crippen LogP contribution < -0.4 is 17.0 Å². The molecule has 2 rings (SSSR count). The SMILES string of the molecule is COCCCn1c(=O)n(C)c(=O)c2c1ncn2CCN. The molecule has 0 atom stereocenters. The summed E-state index contributed by atoms with van der Waals surface area (Å²) in [5, 5.41) is 0. The van der Waals surface area contributed by atoms with E-state index in [9.17, 15) is 9.59 Å². The number of nitrogens with two attached hydrogens (primary N) is 1. The Bertz CT molecular complexity index is 712. The molecule has 0 aliphatic rings. The second-order valence-electron chi connectivity index (χ2n) is 4.54. The van der Waals surface area contributed by atoms with E-state index < -0.39 is 0 Å². The molecule has 0 fully saturated rings. The molecule has 0 aliphatic heterocycles. The summed E-state index contributed by atoms with van der Waals surface area (Å²) in [4.78, 5) is 28.6. The Labute approximate surface area is 115 Å². The summed E-state index contributed by atoms with van der Waals surface area (Å²) in [6, 6.07) is 0. The molecule has 0 bridgehead atoms. The minimum atomic E-state index is -0.364. The van der Waals surface area contributed by atoms with Gasteiger partial charge in [0.15, 0.2) is 11.2 Å². The molecule has 0 amide bonds. The Hall–Kier alpha value is -1.93. The van der Waals surface area contributed by atoms with E-state index in [4.69, 9.17) is 10.5 Å². The smallest absolute Gasteiger partial charge is 0.332 e. The van der Waals surface area contributed by atoms with Gasteiger partial charge in [-0.2, -0.15) is 0 Å². The summed E-state index contributed by atoms with van der Waals surface area (Å²) in [7, 11) is 3.08. The predicted molar refractivity (Wildman–Crippen MR) is 74.8 cm³/mol. The highest BCUT2D eigenvalue weighted by molar-refractivity contribution is 5.70. The normalized spacial score (nSPS) is 11.3. The van der Waals surface area contributed by atoms with Crippen molar-refractivity contribution in [2.75, 3.05) is 20.3 Å². The van der Waals surface area contributed by atoms with E-state index >= 15 is 0 Å². The highest BCUT2D eigenvalue weighted by Crippen LogP contribution is 2.06. The Kier molecular flexibility index (Phi) is 4.35. The van der Waals surface area contributed by atoms with Crippen LogP contribution >= 0.6 is 0 Å². The molecule has 20 heavy (non-hydrogen) atoms. The number of rotatable bonds is 6. The number of aromatic nitrogens is 4. The standard InChI is InChI=1S/C12H19N5O3/c1-15-11(18)9-10(14-8-16(9)6-4-13)17(12(15)19)5-3-7-20-2/h8H,3-7,13H2,1-2H3. The van der Waals surface area contributed by atoms with E-state index in [-0.39, 0.29) is 11.2 Å². The number of ether oxygens (including phenoxy) is 1. The molecule has 0 saturated heterocycles. The van der Waals surface area contributed by atoms with Gasteiger partial charge in [0.1, 0.15) is 0 Å². The highest BCUT2D eigenvalue weighted by atomic mass is 16.5. The van der Waals surface area contributed by atoms with E-state index in [1.54, 1.807) is 18.0 Å². The maximum Gasteiger partial charge on any atom is 0.332 e. The number of aryl methyl sites for hydroxylation is 1. The molecule has 0 radical (unpaired) electrons. The predicted octanol–water partition coefficient (Wildman–Crippen LogP) is -1.11. The molecule has 0 spiro atoms. The van der Waals surface area contributed by atoms with Gasteiger partial charge in [-0.05, 0) is 6.42 Å². The lowest BCUT2D eigenvalue weighted by molar-refractivity contribution is 0.190. The molecule has 0 aromatic carbocycles. The lowest BCUT2D eigenvalue weighted by atomic mass is 10.4. The molecular formula is C12H19N5O3. The topological polar surface area (TPSA) is 97.1 Å². The van der Waals surface area contributed by atoms with Gasteiger partial charge in [-0.3, -0.25) is 13.9 Å². The van der Waals surface area contributed by atoms with Crippen LogP contribution in [-0.2, 0) is 24.9 Å². The van der Waals surface area contributed by atoms with Crippen molar-refractivity contribution in [1.29, 1.82) is 0 Å². The van der Waals surface area contributed by atoms with Crippen molar-refractivity contribution in [3.63, 3.8) is 0 Å². The van der Waals surface area contributed by atoms with E-state index in [2.05, 4.69) is 4.98 Å². The number of hydrogen-bond donors (Lipinski definition) is 1. The Morgan fingerprint density at radius 3 is 2.75 bits per heavy atom. The second-order valence-corrected chi connectivity index (χ2v) is 4.54. The van der Waals surface area contributed by atoms with Crippen molar-refractivity contribution in [1.82, 2.24) is 18.7 Å². The van der Waals surface area contributed by atoms with Crippen LogP contribution in [0.3, 0.4) is 0 Å². The summed E-state index contributed by atoms with van der Waals surface area (Å²) in [6.07, 6.45) is 2.22. The average molecular weight is 281 g/mol. The van der Waals surface area contributed by atoms with Crippen LogP contribution in [-0.4, -0.2) is 38.9 Å². The molecule has 8 heteroatoms. The molecule has 110 valence electrons. The minimum Gasteiger partial charge on any atom is -0.385 e. The van der Waals surface area contributed by atoms with Crippen molar-refractivity contribution in [2.45, 2.75) is 19.5 Å². The zero-order valence-corrected chi connectivity index (χ0v) is 11.7. The fourth-order valence-corrected chi connectivity index (χ4v) is 2.18. The number of imidazole rings is 1. The summed E-state index contributed by atoms with van der Waals surface area (Å²) >= 11 is 0. The van der Waals surface area contributed by atoms with E-state index in [0.717, 1.165) is 4.57 Å². The van der Waals surface area contributed by atoms with Crippen molar-refractivity contribution in [3.05, 3.63) is 27.2 Å². The van der Waals surface area contributed by atoms with Crippen molar-refractivity contribution in [3.8, 4) is 0 Å². The first kappa shape index (κ1) is 14.5. The Balaban J connectivity index is 2.62. The molecule has 2 aromatic rings. The van der Waals surface area contributed by atoms with Crippen LogP contribution in [0.4, 0.5) is 0 Å². The summed E-state index contributed by atoms with van der Waals surface area (Å²) in [5.74, 6) is 0. The Morgan fingerprint density at radius 2 is 2.10 bits per heavy atom. The fraction of sp³-hybridized carbons (Fsp3) is 0.583. The number of methoxy groups -OCH3 is 1. The highest BCUT2D eigenvalue weighted by Gasteiger charge is 2.15. The first-order valence-electron chi connectivity index (χ1n) is 6.45. The van der Waals surface area contributed by atoms with Gasteiger partial charge in [0.2, 0.25) is 0 Å². The van der Waals surface area contributed by atoms with Crippen LogP contribution in [0.15, 0.2) is 15.9 Å². The first-order valence-corrected chi connectivity index (χ1v) is 6.45. The maximum absolute atomic E-state index is 12.2. The van der Waals surface area contributed by atoms with Crippen LogP contribution in [0.5, 0.6) is 0 Å². The third kappa shape index (κ3) is 2.39. The van der Waals surface area contributed by atoms with Crippen molar-refractivity contribution < 1.29 is 4.74 Å². The molecule has 0 unspecified atom stereocenters. The first-order chi connectivity index (χ1) is 9.61. The lowest BCUT2D eigenvalue weighted by Gasteiger charge is -2.09. The maximum atomic E-state index is 12.2. The van der Waals surface area contributed by atoms with E-state index in [1.165, 1.54) is 11.6 Å². The van der Waals surface area contributed by atoms with Gasteiger partial charge in [0.25, 0.3) is 5.56 Å². The van der Waals surface area contributed by atoms with Gasteiger partial charge in [-0.1, -0.05) is 0 Å². The van der Waals surface area contributed by atoms with Gasteiger partial charge < -0.3 is 15.0 Å². The van der Waals surface area contributed by atoms with Crippen LogP contribution in [0.1, 0.15) is 6.42 Å². The molecule has 0 aliphatic carbocycles. The van der Waals surface area contributed by atoms with Crippen LogP contribution in [0.25, 0.3) is 11.2 Å². The molecule has 0 saturated carbocycles. The second kappa shape index (κ2) is 6.02. The summed E-state index contributed by atoms with van der Waals surface area (Å²) < 4.78 is 9.28. The molecule has 2 N–H and O–H groups in total. The zero-order chi connectivity index (χ0) is 14.7. The molecule has 2 heterocycles. The number of fused-ring (bicyclic) bond motifs is 1. The van der Waals surface area contributed by atoms with Gasteiger partial charge >= 0.3 is 5.69 Å². The van der Waals surface area contributed by atoms with Crippen molar-refractivity contribution in [2.24, 2.45) is 12.8 Å². The third-order valence-corrected chi connectivity index (χ3v) is 3.20. The van der Waals surface area contributed by atoms with E-state index in [0.29, 0.717) is 43.8 Å². The minimum absolute atomic E-state index is 0.348. The average Bonchev–Trinajstić information content (AvgIpc) is 2.84. The van der Waals surface area contributed by atoms with E-state index in [1.807, 2.05) is 0 Å². The van der Waals surface area contributed by atoms with Gasteiger partial charge in [-0.25, -0.2) is 9.78 Å². The zero-order valence-electron chi connectivity index (χ0n) is 11.7. The molecular weight excluding hydrogens is 262 g/mol. The van der Waals surface area contributed by atoms with Gasteiger partial charge in [0.05, 0.1) is 6.33 Å². The fourth-order valence-electron chi connectivity index (χ4n) is 2.18. The third-order valence-electron chi connectivity index (χ3n) is 3.20. The monoisotopic (exact) mass is 281 g/mol. The number of nitrogens with zero attached hydrogens (tertiary/aromatic N) is 4. The summed E-state index contributed by atoms with van der Waals surface area (Å²) in [5.41, 5.74) is 5.63. The van der Waals surface area contributed by atoms with Gasteiger partial charge in [-0.15, -0.1) is 0 Å².